The maximum atomic E-state index is 12.9. The van der Waals surface area contributed by atoms with Gasteiger partial charge in [0.2, 0.25) is 5.88 Å². The first kappa shape index (κ1) is 25.3. The largest absolute Gasteiger partial charge is 0.481 e. The Bertz CT molecular complexity index is 1460. The van der Waals surface area contributed by atoms with E-state index < -0.39 is 29.1 Å². The quantitative estimate of drug-likeness (QED) is 0.516. The smallest absolute Gasteiger partial charge is 0.224 e. The number of nitriles is 2. The molecule has 0 radical (unpaired) electrons. The van der Waals surface area contributed by atoms with Crippen molar-refractivity contribution < 1.29 is 24.4 Å². The van der Waals surface area contributed by atoms with E-state index in [1.807, 2.05) is 36.4 Å². The fourth-order valence-corrected chi connectivity index (χ4v) is 6.71. The van der Waals surface area contributed by atoms with Gasteiger partial charge in [0.25, 0.3) is 0 Å². The van der Waals surface area contributed by atoms with E-state index in [4.69, 9.17) is 14.2 Å². The molecule has 1 aliphatic carbocycles. The topological polar surface area (TPSA) is 132 Å². The average Bonchev–Trinajstić information content (AvgIpc) is 3.36. The normalized spacial score (nSPS) is 29.5. The summed E-state index contributed by atoms with van der Waals surface area (Å²) in [5.74, 6) is -0.716. The van der Waals surface area contributed by atoms with Crippen molar-refractivity contribution in [2.75, 3.05) is 40.0 Å². The molecule has 39 heavy (non-hydrogen) atoms. The number of ether oxygens (including phenoxy) is 3. The van der Waals surface area contributed by atoms with Crippen molar-refractivity contribution in [3.8, 4) is 23.8 Å². The van der Waals surface area contributed by atoms with E-state index in [1.54, 1.807) is 24.3 Å². The lowest BCUT2D eigenvalue weighted by molar-refractivity contribution is -0.152. The highest BCUT2D eigenvalue weighted by molar-refractivity contribution is 5.60. The monoisotopic (exact) mass is 524 g/mol. The predicted molar refractivity (Wildman–Crippen MR) is 139 cm³/mol. The van der Waals surface area contributed by atoms with E-state index in [9.17, 15) is 20.7 Å². The number of pyridine rings is 1. The molecule has 3 aromatic rings. The summed E-state index contributed by atoms with van der Waals surface area (Å²) in [7, 11) is 1.41. The van der Waals surface area contributed by atoms with Crippen molar-refractivity contribution in [1.29, 1.82) is 10.5 Å². The summed E-state index contributed by atoms with van der Waals surface area (Å²) < 4.78 is 17.9. The maximum absolute atomic E-state index is 12.9. The molecule has 0 bridgehead atoms. The summed E-state index contributed by atoms with van der Waals surface area (Å²) >= 11 is 0. The molecule has 1 aromatic heterocycles. The minimum absolute atomic E-state index is 0.0277. The molecule has 9 nitrogen and oxygen atoms in total. The number of aromatic nitrogens is 1. The van der Waals surface area contributed by atoms with Crippen LogP contribution in [0.3, 0.4) is 0 Å². The third-order valence-corrected chi connectivity index (χ3v) is 8.35. The number of rotatable bonds is 5. The molecule has 2 aliphatic heterocycles. The van der Waals surface area contributed by atoms with Gasteiger partial charge in [0.15, 0.2) is 11.2 Å². The predicted octanol–water partition coefficient (Wildman–Crippen LogP) is 2.42. The molecule has 198 valence electrons. The van der Waals surface area contributed by atoms with Crippen LogP contribution in [0.2, 0.25) is 0 Å². The third kappa shape index (κ3) is 3.63. The van der Waals surface area contributed by atoms with Crippen LogP contribution < -0.4 is 9.47 Å². The summed E-state index contributed by atoms with van der Waals surface area (Å²) in [4.78, 5) is 6.54. The Morgan fingerprint density at radius 3 is 2.44 bits per heavy atom. The third-order valence-electron chi connectivity index (χ3n) is 8.35. The van der Waals surface area contributed by atoms with Crippen LogP contribution in [0.15, 0.2) is 60.7 Å². The number of aliphatic hydroxyl groups is 2. The fourth-order valence-electron chi connectivity index (χ4n) is 6.71. The van der Waals surface area contributed by atoms with Gasteiger partial charge in [-0.3, -0.25) is 4.90 Å². The molecule has 6 rings (SSSR count). The summed E-state index contributed by atoms with van der Waals surface area (Å²) in [5.41, 5.74) is -1.27. The second-order valence-corrected chi connectivity index (χ2v) is 10.2. The zero-order chi connectivity index (χ0) is 27.2. The van der Waals surface area contributed by atoms with Crippen molar-refractivity contribution in [1.82, 2.24) is 9.88 Å². The second kappa shape index (κ2) is 9.64. The van der Waals surface area contributed by atoms with Crippen LogP contribution in [0.5, 0.6) is 11.6 Å². The molecule has 3 aliphatic rings. The first-order valence-corrected chi connectivity index (χ1v) is 12.9. The van der Waals surface area contributed by atoms with Gasteiger partial charge in [0, 0.05) is 37.5 Å². The highest BCUT2D eigenvalue weighted by Gasteiger charge is 2.77. The van der Waals surface area contributed by atoms with Gasteiger partial charge in [-0.15, -0.1) is 0 Å². The van der Waals surface area contributed by atoms with Gasteiger partial charge in [-0.05, 0) is 23.3 Å². The number of nitrogens with zero attached hydrogens (tertiary/aromatic N) is 4. The minimum Gasteiger partial charge on any atom is -0.481 e. The molecule has 5 unspecified atom stereocenters. The Morgan fingerprint density at radius 2 is 1.79 bits per heavy atom. The van der Waals surface area contributed by atoms with Crippen LogP contribution in [0, 0.1) is 28.6 Å². The van der Waals surface area contributed by atoms with Gasteiger partial charge < -0.3 is 24.4 Å². The number of fused-ring (bicyclic) bond motifs is 3. The lowest BCUT2D eigenvalue weighted by atomic mass is 9.70. The van der Waals surface area contributed by atoms with Gasteiger partial charge in [-0.25, -0.2) is 4.98 Å². The molecule has 2 aromatic carbocycles. The molecule has 9 heteroatoms. The molecule has 2 N–H and O–H groups in total. The Hall–Kier alpha value is -3.99. The van der Waals surface area contributed by atoms with Crippen LogP contribution >= 0.6 is 0 Å². The van der Waals surface area contributed by atoms with E-state index >= 15 is 0 Å². The Labute approximate surface area is 226 Å². The molecule has 5 atom stereocenters. The number of aliphatic hydroxyl groups excluding tert-OH is 1. The Kier molecular flexibility index (Phi) is 6.25. The highest BCUT2D eigenvalue weighted by Crippen LogP contribution is 2.69. The summed E-state index contributed by atoms with van der Waals surface area (Å²) in [6, 6.07) is 22.2. The van der Waals surface area contributed by atoms with Crippen molar-refractivity contribution in [3.63, 3.8) is 0 Å². The zero-order valence-electron chi connectivity index (χ0n) is 21.4. The first-order valence-electron chi connectivity index (χ1n) is 12.9. The van der Waals surface area contributed by atoms with E-state index in [0.29, 0.717) is 44.0 Å². The maximum Gasteiger partial charge on any atom is 0.224 e. The molecule has 0 amide bonds. The second-order valence-electron chi connectivity index (χ2n) is 10.2. The van der Waals surface area contributed by atoms with Gasteiger partial charge >= 0.3 is 0 Å². The van der Waals surface area contributed by atoms with Gasteiger partial charge in [-0.2, -0.15) is 10.5 Å². The van der Waals surface area contributed by atoms with Crippen molar-refractivity contribution in [2.24, 2.45) is 5.92 Å². The van der Waals surface area contributed by atoms with E-state index in [-0.39, 0.29) is 22.9 Å². The van der Waals surface area contributed by atoms with Gasteiger partial charge in [0.05, 0.1) is 43.6 Å². The molecular formula is C30H28N4O5. The lowest BCUT2D eigenvalue weighted by Gasteiger charge is -2.41. The summed E-state index contributed by atoms with van der Waals surface area (Å²) in [5, 5.41) is 44.2. The summed E-state index contributed by atoms with van der Waals surface area (Å²) in [6.07, 6.45) is -1.29. The number of hydrogen-bond donors (Lipinski definition) is 2. The van der Waals surface area contributed by atoms with Crippen LogP contribution in [-0.4, -0.2) is 66.2 Å². The number of morpholine rings is 1. The average molecular weight is 525 g/mol. The molecular weight excluding hydrogens is 496 g/mol. The van der Waals surface area contributed by atoms with Crippen LogP contribution in [0.4, 0.5) is 0 Å². The van der Waals surface area contributed by atoms with Crippen LogP contribution in [0.1, 0.15) is 33.9 Å². The Morgan fingerprint density at radius 1 is 1.08 bits per heavy atom. The Balaban J connectivity index is 1.63. The molecule has 1 saturated heterocycles. The summed E-state index contributed by atoms with van der Waals surface area (Å²) in [6.45, 7) is 3.10. The van der Waals surface area contributed by atoms with E-state index in [2.05, 4.69) is 16.0 Å². The molecule has 3 heterocycles. The van der Waals surface area contributed by atoms with E-state index in [0.717, 1.165) is 5.56 Å². The zero-order valence-corrected chi connectivity index (χ0v) is 21.4. The molecule has 1 saturated carbocycles. The van der Waals surface area contributed by atoms with Crippen LogP contribution in [0.25, 0.3) is 0 Å². The van der Waals surface area contributed by atoms with Gasteiger partial charge in [0.1, 0.15) is 17.5 Å². The van der Waals surface area contributed by atoms with Crippen molar-refractivity contribution in [2.45, 2.75) is 23.2 Å². The molecule has 0 spiro atoms. The number of benzene rings is 2. The van der Waals surface area contributed by atoms with Crippen LogP contribution in [-0.2, 0) is 15.9 Å². The SMILES string of the molecule is COc1nc(C#N)cc2c1C1(O)C(O)C(CN3CCOCC3)C(c3ccccc3)C1(c1ccc(C#N)cc1)O2. The minimum atomic E-state index is -1.99. The lowest BCUT2D eigenvalue weighted by Crippen LogP contribution is -2.52. The first-order chi connectivity index (χ1) is 19.0. The van der Waals surface area contributed by atoms with Gasteiger partial charge in [-0.1, -0.05) is 42.5 Å². The van der Waals surface area contributed by atoms with Crippen molar-refractivity contribution >= 4 is 0 Å². The number of hydrogen-bond acceptors (Lipinski definition) is 9. The van der Waals surface area contributed by atoms with E-state index in [1.165, 1.54) is 13.2 Å². The fraction of sp³-hybridized carbons (Fsp3) is 0.367. The van der Waals surface area contributed by atoms with Crippen molar-refractivity contribution in [3.05, 3.63) is 88.6 Å². The number of methoxy groups -OCH3 is 1. The highest BCUT2D eigenvalue weighted by atomic mass is 16.5. The molecule has 2 fully saturated rings. The standard InChI is InChI=1S/C30H28N4O5/c1-37-28-26-24(15-22(17-32)33-28)39-30(21-9-7-19(16-31)8-10-21)25(20-5-3-2-4-6-20)23(27(35)29(26,30)36)18-34-11-13-38-14-12-34/h2-10,15,23,25,27,35-36H,11-14,18H2,1H3.